The number of hydrogen-bond acceptors (Lipinski definition) is 5. The molecule has 0 saturated carbocycles. The van der Waals surface area contributed by atoms with Crippen LogP contribution in [0.15, 0.2) is 6.07 Å². The number of amides is 2. The molecule has 0 aliphatic carbocycles. The average molecular weight is 366 g/mol. The molecule has 0 aliphatic rings. The molecule has 0 aromatic carbocycles. The van der Waals surface area contributed by atoms with Crippen LogP contribution >= 0.6 is 11.3 Å². The molecule has 0 bridgehead atoms. The summed E-state index contributed by atoms with van der Waals surface area (Å²) in [7, 11) is 1.81. The first-order chi connectivity index (χ1) is 11.7. The van der Waals surface area contributed by atoms with E-state index in [4.69, 9.17) is 5.11 Å². The van der Waals surface area contributed by atoms with Crippen LogP contribution in [-0.2, 0) is 16.6 Å². The van der Waals surface area contributed by atoms with Crippen LogP contribution < -0.4 is 10.6 Å². The Morgan fingerprint density at radius 2 is 2.04 bits per heavy atom. The second-order valence-electron chi connectivity index (χ2n) is 6.31. The highest BCUT2D eigenvalue weighted by Crippen LogP contribution is 2.27. The highest BCUT2D eigenvalue weighted by atomic mass is 32.1. The number of fused-ring (bicyclic) bond motifs is 1. The van der Waals surface area contributed by atoms with Crippen molar-refractivity contribution in [3.63, 3.8) is 0 Å². The van der Waals surface area contributed by atoms with E-state index in [1.165, 1.54) is 11.3 Å². The predicted octanol–water partition coefficient (Wildman–Crippen LogP) is 1.29. The maximum Gasteiger partial charge on any atom is 0.326 e. The number of hydrogen-bond donors (Lipinski definition) is 3. The summed E-state index contributed by atoms with van der Waals surface area (Å²) in [5.74, 6) is -1.85. The van der Waals surface area contributed by atoms with E-state index < -0.39 is 17.9 Å². The zero-order valence-electron chi connectivity index (χ0n) is 14.6. The van der Waals surface area contributed by atoms with Gasteiger partial charge in [-0.1, -0.05) is 13.8 Å². The number of nitrogens with one attached hydrogen (secondary N) is 2. The van der Waals surface area contributed by atoms with Gasteiger partial charge in [-0.15, -0.1) is 11.3 Å². The molecule has 1 atom stereocenters. The van der Waals surface area contributed by atoms with Crippen molar-refractivity contribution < 1.29 is 19.5 Å². The highest BCUT2D eigenvalue weighted by Gasteiger charge is 2.21. The number of carbonyl (C=O) groups excluding carboxylic acids is 2. The van der Waals surface area contributed by atoms with Crippen LogP contribution in [0, 0.1) is 12.8 Å². The largest absolute Gasteiger partial charge is 0.480 e. The molecule has 2 amide bonds. The third kappa shape index (κ3) is 4.56. The Labute approximate surface area is 149 Å². The highest BCUT2D eigenvalue weighted by molar-refractivity contribution is 7.20. The minimum Gasteiger partial charge on any atom is -0.480 e. The normalized spacial score (nSPS) is 12.4. The van der Waals surface area contributed by atoms with Gasteiger partial charge in [0.1, 0.15) is 10.9 Å². The second-order valence-corrected chi connectivity index (χ2v) is 7.34. The summed E-state index contributed by atoms with van der Waals surface area (Å²) in [6.07, 6.45) is 0.331. The van der Waals surface area contributed by atoms with E-state index in [1.807, 2.05) is 27.8 Å². The van der Waals surface area contributed by atoms with E-state index in [9.17, 15) is 14.4 Å². The van der Waals surface area contributed by atoms with Gasteiger partial charge in [0.15, 0.2) is 0 Å². The first-order valence-electron chi connectivity index (χ1n) is 7.92. The smallest absolute Gasteiger partial charge is 0.326 e. The maximum atomic E-state index is 12.2. The van der Waals surface area contributed by atoms with Crippen molar-refractivity contribution in [3.8, 4) is 0 Å². The van der Waals surface area contributed by atoms with Gasteiger partial charge >= 0.3 is 5.97 Å². The minimum absolute atomic E-state index is 0.131. The molecule has 3 N–H and O–H groups in total. The van der Waals surface area contributed by atoms with Crippen molar-refractivity contribution in [2.45, 2.75) is 33.2 Å². The van der Waals surface area contributed by atoms with Crippen molar-refractivity contribution in [1.82, 2.24) is 20.4 Å². The van der Waals surface area contributed by atoms with Crippen LogP contribution in [0.4, 0.5) is 0 Å². The molecule has 9 heteroatoms. The Morgan fingerprint density at radius 3 is 2.60 bits per heavy atom. The molecule has 2 aromatic rings. The summed E-state index contributed by atoms with van der Waals surface area (Å²) in [5.41, 5.74) is 0.837. The fraction of sp³-hybridized carbons (Fsp3) is 0.500. The standard InChI is InChI=1S/C16H22N4O4S/c1-8(2)5-11(16(23)24)18-13(21)7-17-14(22)12-6-10-9(3)19-20(4)15(10)25-12/h6,8,11H,5,7H2,1-4H3,(H,17,22)(H,18,21)(H,23,24)/t11-/m0/s1. The maximum absolute atomic E-state index is 12.2. The zero-order chi connectivity index (χ0) is 18.7. The quantitative estimate of drug-likeness (QED) is 0.683. The third-order valence-corrected chi connectivity index (χ3v) is 4.87. The summed E-state index contributed by atoms with van der Waals surface area (Å²) in [5, 5.41) is 19.3. The molecule has 136 valence electrons. The number of thiophene rings is 1. The lowest BCUT2D eigenvalue weighted by Crippen LogP contribution is -2.46. The topological polar surface area (TPSA) is 113 Å². The summed E-state index contributed by atoms with van der Waals surface area (Å²) in [6.45, 7) is 5.35. The van der Waals surface area contributed by atoms with Crippen molar-refractivity contribution >= 4 is 39.3 Å². The Kier molecular flexibility index (Phi) is 5.78. The molecule has 0 spiro atoms. The molecular formula is C16H22N4O4S. The SMILES string of the molecule is Cc1nn(C)c2sc(C(=O)NCC(=O)N[C@@H](CC(C)C)C(=O)O)cc12. The van der Waals surface area contributed by atoms with E-state index in [0.717, 1.165) is 15.9 Å². The van der Waals surface area contributed by atoms with Gasteiger partial charge in [0.05, 0.1) is 17.1 Å². The van der Waals surface area contributed by atoms with E-state index in [1.54, 1.807) is 10.7 Å². The number of carboxylic acids is 1. The minimum atomic E-state index is -1.08. The third-order valence-electron chi connectivity index (χ3n) is 3.67. The molecule has 2 heterocycles. The van der Waals surface area contributed by atoms with E-state index in [2.05, 4.69) is 15.7 Å². The van der Waals surface area contributed by atoms with Gasteiger partial charge in [-0.3, -0.25) is 14.3 Å². The van der Waals surface area contributed by atoms with Crippen LogP contribution in [0.3, 0.4) is 0 Å². The van der Waals surface area contributed by atoms with Crippen LogP contribution in [-0.4, -0.2) is 45.3 Å². The molecule has 8 nitrogen and oxygen atoms in total. The Balaban J connectivity index is 1.94. The number of aromatic nitrogens is 2. The first-order valence-corrected chi connectivity index (χ1v) is 8.74. The lowest BCUT2D eigenvalue weighted by molar-refractivity contribution is -0.142. The molecule has 0 saturated heterocycles. The van der Waals surface area contributed by atoms with Crippen LogP contribution in [0.25, 0.3) is 10.2 Å². The van der Waals surface area contributed by atoms with Crippen molar-refractivity contribution in [2.24, 2.45) is 13.0 Å². The molecule has 2 aromatic heterocycles. The van der Waals surface area contributed by atoms with Gasteiger partial charge in [0.2, 0.25) is 5.91 Å². The molecule has 2 rings (SSSR count). The van der Waals surface area contributed by atoms with Crippen LogP contribution in [0.2, 0.25) is 0 Å². The molecule has 0 aliphatic heterocycles. The number of carboxylic acid groups (broad SMARTS) is 1. The fourth-order valence-electron chi connectivity index (χ4n) is 2.50. The van der Waals surface area contributed by atoms with Gasteiger partial charge in [0, 0.05) is 12.4 Å². The number of aliphatic carboxylic acids is 1. The van der Waals surface area contributed by atoms with Crippen LogP contribution in [0.5, 0.6) is 0 Å². The van der Waals surface area contributed by atoms with Gasteiger partial charge in [-0.2, -0.15) is 5.10 Å². The molecule has 0 radical (unpaired) electrons. The Hall–Kier alpha value is -2.42. The number of rotatable bonds is 7. The number of carbonyl (C=O) groups is 3. The van der Waals surface area contributed by atoms with E-state index >= 15 is 0 Å². The molecular weight excluding hydrogens is 344 g/mol. The fourth-order valence-corrected chi connectivity index (χ4v) is 3.54. The second kappa shape index (κ2) is 7.64. The van der Waals surface area contributed by atoms with Gasteiger partial charge in [-0.25, -0.2) is 4.79 Å². The predicted molar refractivity (Wildman–Crippen MR) is 94.7 cm³/mol. The summed E-state index contributed by atoms with van der Waals surface area (Å²) in [4.78, 5) is 36.6. The Morgan fingerprint density at radius 1 is 1.36 bits per heavy atom. The van der Waals surface area contributed by atoms with Crippen molar-refractivity contribution in [2.75, 3.05) is 6.54 Å². The Bertz CT molecular complexity index is 774. The van der Waals surface area contributed by atoms with Gasteiger partial charge < -0.3 is 15.7 Å². The van der Waals surface area contributed by atoms with Gasteiger partial charge in [0.25, 0.3) is 5.91 Å². The molecule has 0 unspecified atom stereocenters. The summed E-state index contributed by atoms with van der Waals surface area (Å²) < 4.78 is 1.71. The number of aryl methyl sites for hydroxylation is 2. The summed E-state index contributed by atoms with van der Waals surface area (Å²) in [6, 6.07) is 0.788. The van der Waals surface area contributed by atoms with E-state index in [-0.39, 0.29) is 18.4 Å². The first kappa shape index (κ1) is 18.9. The van der Waals surface area contributed by atoms with Crippen LogP contribution in [0.1, 0.15) is 35.6 Å². The lowest BCUT2D eigenvalue weighted by Gasteiger charge is -2.16. The van der Waals surface area contributed by atoms with Gasteiger partial charge in [-0.05, 0) is 25.3 Å². The van der Waals surface area contributed by atoms with Crippen molar-refractivity contribution in [1.29, 1.82) is 0 Å². The number of nitrogens with zero attached hydrogens (tertiary/aromatic N) is 2. The molecule has 0 fully saturated rings. The lowest BCUT2D eigenvalue weighted by atomic mass is 10.0. The van der Waals surface area contributed by atoms with Crippen molar-refractivity contribution in [3.05, 3.63) is 16.6 Å². The molecule has 25 heavy (non-hydrogen) atoms. The van der Waals surface area contributed by atoms with E-state index in [0.29, 0.717) is 11.3 Å². The summed E-state index contributed by atoms with van der Waals surface area (Å²) >= 11 is 1.29. The zero-order valence-corrected chi connectivity index (χ0v) is 15.4. The monoisotopic (exact) mass is 366 g/mol. The average Bonchev–Trinajstić information content (AvgIpc) is 3.06.